The molecule has 0 radical (unpaired) electrons. The van der Waals surface area contributed by atoms with Crippen molar-refractivity contribution in [3.05, 3.63) is 89.7 Å². The molecule has 1 amide bonds. The Bertz CT molecular complexity index is 1440. The van der Waals surface area contributed by atoms with Crippen molar-refractivity contribution in [3.63, 3.8) is 0 Å². The minimum Gasteiger partial charge on any atom is -0.398 e. The number of benzene rings is 3. The Morgan fingerprint density at radius 3 is 2.66 bits per heavy atom. The van der Waals surface area contributed by atoms with Crippen molar-refractivity contribution < 1.29 is 4.79 Å². The van der Waals surface area contributed by atoms with Gasteiger partial charge in [-0.05, 0) is 67.1 Å². The predicted molar refractivity (Wildman–Crippen MR) is 129 cm³/mol. The largest absolute Gasteiger partial charge is 0.398 e. The van der Waals surface area contributed by atoms with Crippen LogP contribution in [0.4, 0.5) is 17.1 Å². The van der Waals surface area contributed by atoms with E-state index in [1.165, 1.54) is 0 Å². The lowest BCUT2D eigenvalue weighted by Crippen LogP contribution is -2.12. The molecule has 0 atom stereocenters. The van der Waals surface area contributed by atoms with Gasteiger partial charge in [0, 0.05) is 45.6 Å². The molecule has 0 aliphatic carbocycles. The summed E-state index contributed by atoms with van der Waals surface area (Å²) in [7, 11) is 0. The van der Waals surface area contributed by atoms with Crippen LogP contribution in [0.2, 0.25) is 0 Å². The molecular formula is C25H22N6O. The zero-order valence-electron chi connectivity index (χ0n) is 17.5. The molecule has 5 N–H and O–H groups in total. The number of pyridine rings is 1. The minimum atomic E-state index is -0.189. The number of hydrogen-bond acceptors (Lipinski definition) is 5. The van der Waals surface area contributed by atoms with Crippen LogP contribution in [0.1, 0.15) is 21.6 Å². The van der Waals surface area contributed by atoms with Crippen molar-refractivity contribution in [3.8, 4) is 0 Å². The molecule has 0 saturated heterocycles. The molecule has 5 rings (SSSR count). The maximum Gasteiger partial charge on any atom is 0.255 e. The normalized spacial score (nSPS) is 11.0. The second-order valence-electron chi connectivity index (χ2n) is 7.76. The molecule has 3 aromatic carbocycles. The van der Waals surface area contributed by atoms with Gasteiger partial charge in [-0.2, -0.15) is 5.10 Å². The van der Waals surface area contributed by atoms with E-state index in [-0.39, 0.29) is 5.91 Å². The quantitative estimate of drug-likeness (QED) is 0.323. The van der Waals surface area contributed by atoms with Gasteiger partial charge in [0.15, 0.2) is 0 Å². The van der Waals surface area contributed by atoms with E-state index in [1.54, 1.807) is 18.3 Å². The van der Waals surface area contributed by atoms with E-state index in [9.17, 15) is 4.79 Å². The monoisotopic (exact) mass is 422 g/mol. The maximum absolute atomic E-state index is 12.7. The summed E-state index contributed by atoms with van der Waals surface area (Å²) in [5.41, 5.74) is 12.7. The van der Waals surface area contributed by atoms with Crippen LogP contribution in [0.3, 0.4) is 0 Å². The Morgan fingerprint density at radius 2 is 1.81 bits per heavy atom. The maximum atomic E-state index is 12.7. The SMILES string of the molecule is Cc1cc(N)c2cc(C(=O)Nc3ccc(CNc4ccc5cn[nH]c5c4)cc3)ccc2n1. The molecule has 2 aromatic heterocycles. The summed E-state index contributed by atoms with van der Waals surface area (Å²) in [5.74, 6) is -0.189. The number of amides is 1. The number of H-pyrrole nitrogens is 1. The molecule has 0 fully saturated rings. The molecule has 5 aromatic rings. The highest BCUT2D eigenvalue weighted by Gasteiger charge is 2.10. The van der Waals surface area contributed by atoms with Gasteiger partial charge in [-0.25, -0.2) is 0 Å². The third kappa shape index (κ3) is 3.96. The van der Waals surface area contributed by atoms with Crippen LogP contribution in [0.25, 0.3) is 21.8 Å². The zero-order valence-corrected chi connectivity index (χ0v) is 17.5. The van der Waals surface area contributed by atoms with Crippen LogP contribution in [0.15, 0.2) is 72.9 Å². The van der Waals surface area contributed by atoms with Crippen molar-refractivity contribution in [2.24, 2.45) is 0 Å². The topological polar surface area (TPSA) is 109 Å². The van der Waals surface area contributed by atoms with Gasteiger partial charge < -0.3 is 16.4 Å². The molecule has 2 heterocycles. The highest BCUT2D eigenvalue weighted by Crippen LogP contribution is 2.23. The van der Waals surface area contributed by atoms with Crippen molar-refractivity contribution in [1.29, 1.82) is 0 Å². The smallest absolute Gasteiger partial charge is 0.255 e. The number of aryl methyl sites for hydroxylation is 1. The van der Waals surface area contributed by atoms with E-state index in [0.29, 0.717) is 17.8 Å². The molecular weight excluding hydrogens is 400 g/mol. The Labute approximate surface area is 184 Å². The van der Waals surface area contributed by atoms with Gasteiger partial charge in [0.05, 0.1) is 17.2 Å². The van der Waals surface area contributed by atoms with Crippen molar-refractivity contribution >= 4 is 44.8 Å². The van der Waals surface area contributed by atoms with Gasteiger partial charge in [0.1, 0.15) is 0 Å². The molecule has 158 valence electrons. The van der Waals surface area contributed by atoms with E-state index in [4.69, 9.17) is 5.73 Å². The number of anilines is 3. The summed E-state index contributed by atoms with van der Waals surface area (Å²) < 4.78 is 0. The number of nitrogens with two attached hydrogens (primary N) is 1. The first kappa shape index (κ1) is 19.6. The summed E-state index contributed by atoms with van der Waals surface area (Å²) >= 11 is 0. The number of carbonyl (C=O) groups excluding carboxylic acids is 1. The highest BCUT2D eigenvalue weighted by atomic mass is 16.1. The summed E-state index contributed by atoms with van der Waals surface area (Å²) in [6, 6.07) is 21.0. The third-order valence-corrected chi connectivity index (χ3v) is 5.38. The molecule has 0 aliphatic rings. The van der Waals surface area contributed by atoms with E-state index in [2.05, 4.69) is 25.8 Å². The van der Waals surface area contributed by atoms with Gasteiger partial charge in [0.25, 0.3) is 5.91 Å². The van der Waals surface area contributed by atoms with Gasteiger partial charge >= 0.3 is 0 Å². The van der Waals surface area contributed by atoms with Crippen LogP contribution in [-0.2, 0) is 6.54 Å². The Balaban J connectivity index is 1.25. The van der Waals surface area contributed by atoms with Crippen LogP contribution >= 0.6 is 0 Å². The van der Waals surface area contributed by atoms with Crippen LogP contribution in [0.5, 0.6) is 0 Å². The fourth-order valence-electron chi connectivity index (χ4n) is 3.69. The molecule has 0 bridgehead atoms. The van der Waals surface area contributed by atoms with Crippen LogP contribution in [-0.4, -0.2) is 21.1 Å². The third-order valence-electron chi connectivity index (χ3n) is 5.38. The lowest BCUT2D eigenvalue weighted by atomic mass is 10.1. The van der Waals surface area contributed by atoms with Crippen molar-refractivity contribution in [1.82, 2.24) is 15.2 Å². The fraction of sp³-hybridized carbons (Fsp3) is 0.0800. The number of carbonyl (C=O) groups is 1. The molecule has 0 aliphatic heterocycles. The Kier molecular flexibility index (Phi) is 4.91. The van der Waals surface area contributed by atoms with Crippen LogP contribution < -0.4 is 16.4 Å². The first-order valence-corrected chi connectivity index (χ1v) is 10.3. The second-order valence-corrected chi connectivity index (χ2v) is 7.76. The average molecular weight is 422 g/mol. The number of nitrogens with one attached hydrogen (secondary N) is 3. The highest BCUT2D eigenvalue weighted by molar-refractivity contribution is 6.07. The fourth-order valence-corrected chi connectivity index (χ4v) is 3.69. The standard InChI is InChI=1S/C25H22N6O/c1-15-10-22(26)21-11-17(5-9-23(21)29-15)25(32)30-19-6-2-16(3-7-19)13-27-20-8-4-18-14-28-31-24(18)12-20/h2-12,14,27H,13H2,1H3,(H2,26,29)(H,28,31)(H,30,32). The molecule has 0 unspecified atom stereocenters. The van der Waals surface area contributed by atoms with E-state index in [1.807, 2.05) is 61.5 Å². The average Bonchev–Trinajstić information content (AvgIpc) is 3.26. The molecule has 7 nitrogen and oxygen atoms in total. The van der Waals surface area contributed by atoms with Gasteiger partial charge in [-0.3, -0.25) is 14.9 Å². The molecule has 0 saturated carbocycles. The summed E-state index contributed by atoms with van der Waals surface area (Å²) in [5, 5.41) is 15.2. The summed E-state index contributed by atoms with van der Waals surface area (Å²) in [6.07, 6.45) is 1.80. The number of fused-ring (bicyclic) bond motifs is 2. The van der Waals surface area contributed by atoms with Gasteiger partial charge in [0.2, 0.25) is 0 Å². The minimum absolute atomic E-state index is 0.189. The van der Waals surface area contributed by atoms with E-state index < -0.39 is 0 Å². The van der Waals surface area contributed by atoms with Gasteiger partial charge in [-0.15, -0.1) is 0 Å². The number of hydrogen-bond donors (Lipinski definition) is 4. The van der Waals surface area contributed by atoms with Gasteiger partial charge in [-0.1, -0.05) is 12.1 Å². The van der Waals surface area contributed by atoms with E-state index >= 15 is 0 Å². The molecule has 32 heavy (non-hydrogen) atoms. The molecule has 7 heteroatoms. The number of aromatic nitrogens is 3. The first-order valence-electron chi connectivity index (χ1n) is 10.3. The van der Waals surface area contributed by atoms with Crippen LogP contribution in [0, 0.1) is 6.92 Å². The lowest BCUT2D eigenvalue weighted by Gasteiger charge is -2.10. The molecule has 0 spiro atoms. The Hall–Kier alpha value is -4.39. The number of nitrogens with zero attached hydrogens (tertiary/aromatic N) is 2. The number of nitrogen functional groups attached to an aromatic ring is 1. The van der Waals surface area contributed by atoms with E-state index in [0.717, 1.165) is 44.4 Å². The second kappa shape index (κ2) is 8.03. The predicted octanol–water partition coefficient (Wildman–Crippen LogP) is 4.87. The number of rotatable bonds is 5. The number of aromatic amines is 1. The summed E-state index contributed by atoms with van der Waals surface area (Å²) in [6.45, 7) is 2.57. The van der Waals surface area contributed by atoms with Crippen molar-refractivity contribution in [2.75, 3.05) is 16.4 Å². The summed E-state index contributed by atoms with van der Waals surface area (Å²) in [4.78, 5) is 17.2. The zero-order chi connectivity index (χ0) is 22.1. The Morgan fingerprint density at radius 1 is 1.00 bits per heavy atom. The first-order chi connectivity index (χ1) is 15.5. The lowest BCUT2D eigenvalue weighted by molar-refractivity contribution is 0.102. The van der Waals surface area contributed by atoms with Crippen molar-refractivity contribution in [2.45, 2.75) is 13.5 Å².